The number of ether oxygens (including phenoxy) is 2. The molecule has 5 rings (SSSR count). The lowest BCUT2D eigenvalue weighted by Crippen LogP contribution is -2.52. The summed E-state index contributed by atoms with van der Waals surface area (Å²) in [7, 11) is 0. The highest BCUT2D eigenvalue weighted by atomic mass is 19.1. The monoisotopic (exact) mass is 644 g/mol. The lowest BCUT2D eigenvalue weighted by atomic mass is 9.74. The molecular formula is C36H41FN4O6. The van der Waals surface area contributed by atoms with Gasteiger partial charge in [0.05, 0.1) is 12.2 Å². The van der Waals surface area contributed by atoms with Gasteiger partial charge >= 0.3 is 0 Å². The Kier molecular flexibility index (Phi) is 11.6. The minimum Gasteiger partial charge on any atom is -0.493 e. The van der Waals surface area contributed by atoms with Crippen molar-refractivity contribution in [2.75, 3.05) is 32.9 Å². The number of amides is 4. The summed E-state index contributed by atoms with van der Waals surface area (Å²) >= 11 is 0. The summed E-state index contributed by atoms with van der Waals surface area (Å²) in [4.78, 5) is 53.7. The number of carbonyl (C=O) groups is 4. The molecule has 1 saturated heterocycles. The number of nitrogens with one attached hydrogen (secondary N) is 4. The van der Waals surface area contributed by atoms with Crippen molar-refractivity contribution in [2.24, 2.45) is 0 Å². The smallest absolute Gasteiger partial charge is 0.255 e. The van der Waals surface area contributed by atoms with Gasteiger partial charge in [-0.1, -0.05) is 54.6 Å². The molecule has 0 saturated carbocycles. The Bertz CT molecular complexity index is 1550. The second-order valence-electron chi connectivity index (χ2n) is 12.0. The van der Waals surface area contributed by atoms with E-state index in [-0.39, 0.29) is 49.7 Å². The number of para-hydroxylation sites is 1. The molecule has 0 aliphatic carbocycles. The van der Waals surface area contributed by atoms with Crippen molar-refractivity contribution in [2.45, 2.75) is 56.0 Å². The summed E-state index contributed by atoms with van der Waals surface area (Å²) in [5, 5.41) is 11.5. The SMILES string of the molecule is O=C1CC[C@@H](C(=O)NCC2(c3cccc(F)c3)CCOCC2)NC(=O)c2ccccc2OCCCNC(=O)C(Cc2ccccc2)N1. The largest absolute Gasteiger partial charge is 0.493 e. The lowest BCUT2D eigenvalue weighted by Gasteiger charge is -2.38. The van der Waals surface area contributed by atoms with Crippen LogP contribution in [0.15, 0.2) is 78.9 Å². The molecule has 0 spiro atoms. The number of fused-ring (bicyclic) bond motifs is 1. The zero-order chi connectivity index (χ0) is 33.1. The van der Waals surface area contributed by atoms with Crippen LogP contribution in [0.5, 0.6) is 5.75 Å². The zero-order valence-electron chi connectivity index (χ0n) is 26.3. The van der Waals surface area contributed by atoms with Crippen molar-refractivity contribution in [1.82, 2.24) is 21.3 Å². The molecule has 10 nitrogen and oxygen atoms in total. The first kappa shape index (κ1) is 33.6. The molecule has 1 fully saturated rings. The highest BCUT2D eigenvalue weighted by molar-refractivity contribution is 5.99. The van der Waals surface area contributed by atoms with Gasteiger partial charge in [-0.25, -0.2) is 4.39 Å². The Hall–Kier alpha value is -4.77. The molecule has 2 aliphatic rings. The van der Waals surface area contributed by atoms with Crippen molar-refractivity contribution in [3.8, 4) is 5.75 Å². The van der Waals surface area contributed by atoms with Gasteiger partial charge in [-0.3, -0.25) is 19.2 Å². The second-order valence-corrected chi connectivity index (χ2v) is 12.0. The maximum absolute atomic E-state index is 14.2. The standard InChI is InChI=1S/C36H41FN4O6/c37-27-11-6-10-26(23-27)36(16-20-46-21-17-36)24-39-34(44)29-14-15-32(42)40-30(22-25-8-2-1-3-9-25)35(45)38-18-7-19-47-31-13-5-4-12-28(31)33(43)41-29/h1-6,8-13,23,29-30H,7,14-22,24H2,(H,38,45)(H,39,44)(H,40,42)(H,41,43)/t29-,30?/m0/s1. The van der Waals surface area contributed by atoms with Crippen LogP contribution in [0.3, 0.4) is 0 Å². The van der Waals surface area contributed by atoms with E-state index >= 15 is 0 Å². The molecule has 47 heavy (non-hydrogen) atoms. The van der Waals surface area contributed by atoms with Crippen LogP contribution in [0.1, 0.15) is 53.6 Å². The molecule has 248 valence electrons. The molecule has 3 aromatic rings. The van der Waals surface area contributed by atoms with Crippen LogP contribution >= 0.6 is 0 Å². The van der Waals surface area contributed by atoms with Gasteiger partial charge in [0.2, 0.25) is 17.7 Å². The van der Waals surface area contributed by atoms with Gasteiger partial charge in [0.25, 0.3) is 5.91 Å². The quantitative estimate of drug-likeness (QED) is 0.326. The fourth-order valence-electron chi connectivity index (χ4n) is 6.00. The average molecular weight is 645 g/mol. The maximum atomic E-state index is 14.2. The number of halogens is 1. The molecule has 2 aliphatic heterocycles. The van der Waals surface area contributed by atoms with Gasteiger partial charge < -0.3 is 30.7 Å². The van der Waals surface area contributed by atoms with Gasteiger partial charge in [-0.15, -0.1) is 0 Å². The predicted octanol–water partition coefficient (Wildman–Crippen LogP) is 3.20. The number of hydrogen-bond donors (Lipinski definition) is 4. The van der Waals surface area contributed by atoms with Crippen LogP contribution in [0.2, 0.25) is 0 Å². The number of benzene rings is 3. The van der Waals surface area contributed by atoms with Crippen molar-refractivity contribution in [3.05, 3.63) is 101 Å². The van der Waals surface area contributed by atoms with E-state index < -0.39 is 35.2 Å². The van der Waals surface area contributed by atoms with E-state index in [1.807, 2.05) is 36.4 Å². The summed E-state index contributed by atoms with van der Waals surface area (Å²) in [5.41, 5.74) is 1.33. The molecule has 2 atom stereocenters. The zero-order valence-corrected chi connectivity index (χ0v) is 26.3. The minimum absolute atomic E-state index is 0.0256. The topological polar surface area (TPSA) is 135 Å². The Morgan fingerprint density at radius 3 is 2.47 bits per heavy atom. The van der Waals surface area contributed by atoms with Crippen molar-refractivity contribution in [1.29, 1.82) is 0 Å². The van der Waals surface area contributed by atoms with Gasteiger partial charge in [0, 0.05) is 44.6 Å². The number of hydrogen-bond acceptors (Lipinski definition) is 6. The molecule has 0 bridgehead atoms. The van der Waals surface area contributed by atoms with Crippen LogP contribution in [-0.4, -0.2) is 68.6 Å². The summed E-state index contributed by atoms with van der Waals surface area (Å²) in [6, 6.07) is 20.5. The third-order valence-electron chi connectivity index (χ3n) is 8.71. The molecule has 11 heteroatoms. The summed E-state index contributed by atoms with van der Waals surface area (Å²) < 4.78 is 25.7. The first-order valence-electron chi connectivity index (χ1n) is 16.1. The summed E-state index contributed by atoms with van der Waals surface area (Å²) in [5.74, 6) is -1.77. The summed E-state index contributed by atoms with van der Waals surface area (Å²) in [6.07, 6.45) is 1.75. The van der Waals surface area contributed by atoms with Crippen molar-refractivity contribution < 1.29 is 33.0 Å². The Morgan fingerprint density at radius 2 is 1.68 bits per heavy atom. The molecule has 4 amide bonds. The fraction of sp³-hybridized carbons (Fsp3) is 0.389. The summed E-state index contributed by atoms with van der Waals surface area (Å²) in [6.45, 7) is 1.66. The van der Waals surface area contributed by atoms with E-state index in [0.717, 1.165) is 11.1 Å². The maximum Gasteiger partial charge on any atom is 0.255 e. The fourth-order valence-corrected chi connectivity index (χ4v) is 6.00. The predicted molar refractivity (Wildman–Crippen MR) is 173 cm³/mol. The van der Waals surface area contributed by atoms with Gasteiger partial charge in [0.1, 0.15) is 23.7 Å². The van der Waals surface area contributed by atoms with Gasteiger partial charge in [-0.05, 0) is 61.1 Å². The third-order valence-corrected chi connectivity index (χ3v) is 8.71. The van der Waals surface area contributed by atoms with Crippen LogP contribution in [-0.2, 0) is 31.0 Å². The normalized spacial score (nSPS) is 20.8. The molecule has 2 heterocycles. The third kappa shape index (κ3) is 9.16. The Labute approximate surface area is 273 Å². The Balaban J connectivity index is 1.36. The van der Waals surface area contributed by atoms with Gasteiger partial charge in [0.15, 0.2) is 0 Å². The first-order chi connectivity index (χ1) is 22.8. The first-order valence-corrected chi connectivity index (χ1v) is 16.1. The van der Waals surface area contributed by atoms with E-state index in [9.17, 15) is 23.6 Å². The molecule has 0 radical (unpaired) electrons. The Morgan fingerprint density at radius 1 is 0.915 bits per heavy atom. The highest BCUT2D eigenvalue weighted by Crippen LogP contribution is 2.34. The highest BCUT2D eigenvalue weighted by Gasteiger charge is 2.36. The minimum atomic E-state index is -1.08. The van der Waals surface area contributed by atoms with Crippen LogP contribution in [0.25, 0.3) is 0 Å². The molecular weight excluding hydrogens is 603 g/mol. The average Bonchev–Trinajstić information content (AvgIpc) is 3.09. The van der Waals surface area contributed by atoms with E-state index in [1.165, 1.54) is 12.1 Å². The van der Waals surface area contributed by atoms with Crippen LogP contribution in [0, 0.1) is 5.82 Å². The molecule has 3 aromatic carbocycles. The molecule has 1 unspecified atom stereocenters. The second kappa shape index (κ2) is 16.2. The number of rotatable bonds is 6. The lowest BCUT2D eigenvalue weighted by molar-refractivity contribution is -0.129. The van der Waals surface area contributed by atoms with E-state index in [0.29, 0.717) is 44.8 Å². The van der Waals surface area contributed by atoms with E-state index in [4.69, 9.17) is 9.47 Å². The van der Waals surface area contributed by atoms with E-state index in [2.05, 4.69) is 21.3 Å². The molecule has 0 aromatic heterocycles. The van der Waals surface area contributed by atoms with Crippen LogP contribution < -0.4 is 26.0 Å². The van der Waals surface area contributed by atoms with Gasteiger partial charge in [-0.2, -0.15) is 0 Å². The number of carbonyl (C=O) groups excluding carboxylic acids is 4. The van der Waals surface area contributed by atoms with Crippen LogP contribution in [0.4, 0.5) is 4.39 Å². The van der Waals surface area contributed by atoms with E-state index in [1.54, 1.807) is 30.3 Å². The van der Waals surface area contributed by atoms with Crippen molar-refractivity contribution >= 4 is 23.6 Å². The van der Waals surface area contributed by atoms with Crippen molar-refractivity contribution in [3.63, 3.8) is 0 Å². The molecule has 4 N–H and O–H groups in total.